The number of benzene rings is 1. The molecule has 0 bridgehead atoms. The molecule has 1 N–H and O–H groups in total. The van der Waals surface area contributed by atoms with Gasteiger partial charge >= 0.3 is 11.9 Å². The van der Waals surface area contributed by atoms with Crippen LogP contribution in [0.25, 0.3) is 0 Å². The lowest BCUT2D eigenvalue weighted by Gasteiger charge is -2.11. The predicted octanol–water partition coefficient (Wildman–Crippen LogP) is 1.35. The highest BCUT2D eigenvalue weighted by Gasteiger charge is 2.12. The molecule has 7 heteroatoms. The lowest BCUT2D eigenvalue weighted by atomic mass is 10.1. The van der Waals surface area contributed by atoms with E-state index in [1.165, 1.54) is 14.2 Å². The molecule has 0 aliphatic carbocycles. The minimum Gasteiger partial charge on any atom is -0.466 e. The zero-order valence-electron chi connectivity index (χ0n) is 14.3. The molecular weight excluding hydrogens is 312 g/mol. The van der Waals surface area contributed by atoms with Crippen molar-refractivity contribution in [3.63, 3.8) is 0 Å². The smallest absolute Gasteiger partial charge is 0.354 e. The van der Waals surface area contributed by atoms with Gasteiger partial charge in [-0.05, 0) is 24.1 Å². The number of nitrogens with zero attached hydrogens (tertiary/aromatic N) is 1. The van der Waals surface area contributed by atoms with Crippen molar-refractivity contribution in [3.8, 4) is 0 Å². The molecule has 0 fully saturated rings. The summed E-state index contributed by atoms with van der Waals surface area (Å²) in [4.78, 5) is 36.1. The number of rotatable bonds is 7. The number of esters is 2. The molecule has 0 spiro atoms. The second-order valence-corrected chi connectivity index (χ2v) is 5.18. The summed E-state index contributed by atoms with van der Waals surface area (Å²) >= 11 is 0. The van der Waals surface area contributed by atoms with Crippen molar-refractivity contribution in [1.29, 1.82) is 0 Å². The molecule has 0 aliphatic heterocycles. The Kier molecular flexibility index (Phi) is 7.48. The Labute approximate surface area is 141 Å². The van der Waals surface area contributed by atoms with E-state index in [4.69, 9.17) is 0 Å². The summed E-state index contributed by atoms with van der Waals surface area (Å²) in [5.74, 6) is -1.28. The Hall–Kier alpha value is -2.83. The first-order chi connectivity index (χ1) is 11.4. The van der Waals surface area contributed by atoms with E-state index in [9.17, 15) is 14.4 Å². The van der Waals surface area contributed by atoms with E-state index in [1.807, 2.05) is 12.1 Å². The molecule has 0 unspecified atom stereocenters. The van der Waals surface area contributed by atoms with Gasteiger partial charge in [0.25, 0.3) is 0 Å². The van der Waals surface area contributed by atoms with Crippen LogP contribution in [0.15, 0.2) is 36.0 Å². The number of carbonyl (C=O) groups excluding carboxylic acids is 3. The van der Waals surface area contributed by atoms with E-state index in [2.05, 4.69) is 14.8 Å². The van der Waals surface area contributed by atoms with Crippen molar-refractivity contribution >= 4 is 23.5 Å². The summed E-state index contributed by atoms with van der Waals surface area (Å²) < 4.78 is 9.13. The molecule has 1 amide bonds. The zero-order valence-corrected chi connectivity index (χ0v) is 14.3. The van der Waals surface area contributed by atoms with Crippen LogP contribution in [0.4, 0.5) is 5.69 Å². The molecule has 130 valence electrons. The lowest BCUT2D eigenvalue weighted by Crippen LogP contribution is -2.21. The van der Waals surface area contributed by atoms with Crippen LogP contribution in [-0.4, -0.2) is 51.1 Å². The SMILES string of the molecule is COC(=O)/C=C(/Nc1ccc(CCC(=O)N(C)C)cc1)C(=O)OC. The van der Waals surface area contributed by atoms with E-state index in [1.54, 1.807) is 31.1 Å². The van der Waals surface area contributed by atoms with Gasteiger partial charge in [0.05, 0.1) is 20.3 Å². The Balaban J connectivity index is 2.76. The maximum absolute atomic E-state index is 11.7. The number of aryl methyl sites for hydroxylation is 1. The van der Waals surface area contributed by atoms with Crippen LogP contribution >= 0.6 is 0 Å². The van der Waals surface area contributed by atoms with Gasteiger partial charge in [0.15, 0.2) is 0 Å². The standard InChI is InChI=1S/C17H22N2O5/c1-19(2)15(20)10-7-12-5-8-13(9-6-12)18-14(17(22)24-4)11-16(21)23-3/h5-6,8-9,11,18H,7,10H2,1-4H3/b14-11+. The summed E-state index contributed by atoms with van der Waals surface area (Å²) in [7, 11) is 5.88. The maximum Gasteiger partial charge on any atom is 0.354 e. The van der Waals surface area contributed by atoms with Crippen LogP contribution in [0.2, 0.25) is 0 Å². The van der Waals surface area contributed by atoms with Crippen molar-refractivity contribution in [2.24, 2.45) is 0 Å². The average molecular weight is 334 g/mol. The molecule has 24 heavy (non-hydrogen) atoms. The third-order valence-corrected chi connectivity index (χ3v) is 3.23. The molecule has 0 saturated heterocycles. The average Bonchev–Trinajstić information content (AvgIpc) is 2.59. The molecule has 0 saturated carbocycles. The number of carbonyl (C=O) groups is 3. The fraction of sp³-hybridized carbons (Fsp3) is 0.353. The van der Waals surface area contributed by atoms with Crippen molar-refractivity contribution < 1.29 is 23.9 Å². The normalized spacial score (nSPS) is 10.8. The second kappa shape index (κ2) is 9.34. The van der Waals surface area contributed by atoms with Crippen LogP contribution in [0.1, 0.15) is 12.0 Å². The van der Waals surface area contributed by atoms with Gasteiger partial charge in [-0.1, -0.05) is 12.1 Å². The van der Waals surface area contributed by atoms with Gasteiger partial charge in [-0.25, -0.2) is 9.59 Å². The molecule has 7 nitrogen and oxygen atoms in total. The number of ether oxygens (including phenoxy) is 2. The topological polar surface area (TPSA) is 84.9 Å². The minimum absolute atomic E-state index is 0.0279. The minimum atomic E-state index is -0.680. The first-order valence-corrected chi connectivity index (χ1v) is 7.31. The molecule has 0 aromatic heterocycles. The predicted molar refractivity (Wildman–Crippen MR) is 89.2 cm³/mol. The van der Waals surface area contributed by atoms with Crippen LogP contribution in [0.5, 0.6) is 0 Å². The van der Waals surface area contributed by atoms with Crippen molar-refractivity contribution in [2.45, 2.75) is 12.8 Å². The fourth-order valence-corrected chi connectivity index (χ4v) is 1.82. The Morgan fingerprint density at radius 2 is 1.71 bits per heavy atom. The number of hydrogen-bond donors (Lipinski definition) is 1. The zero-order chi connectivity index (χ0) is 18.1. The Bertz CT molecular complexity index is 620. The van der Waals surface area contributed by atoms with Crippen molar-refractivity contribution in [1.82, 2.24) is 4.90 Å². The Morgan fingerprint density at radius 3 is 2.21 bits per heavy atom. The largest absolute Gasteiger partial charge is 0.466 e. The molecule has 0 heterocycles. The summed E-state index contributed by atoms with van der Waals surface area (Å²) in [6.07, 6.45) is 2.07. The number of nitrogens with one attached hydrogen (secondary N) is 1. The van der Waals surface area contributed by atoms with Gasteiger partial charge in [-0.15, -0.1) is 0 Å². The molecule has 0 radical (unpaired) electrons. The molecule has 0 aliphatic rings. The third kappa shape index (κ3) is 6.12. The number of methoxy groups -OCH3 is 2. The second-order valence-electron chi connectivity index (χ2n) is 5.18. The van der Waals surface area contributed by atoms with Crippen molar-refractivity contribution in [2.75, 3.05) is 33.6 Å². The molecular formula is C17H22N2O5. The van der Waals surface area contributed by atoms with Gasteiger partial charge in [-0.3, -0.25) is 4.79 Å². The van der Waals surface area contributed by atoms with Crippen LogP contribution < -0.4 is 5.32 Å². The first kappa shape index (κ1) is 19.2. The van der Waals surface area contributed by atoms with E-state index < -0.39 is 11.9 Å². The van der Waals surface area contributed by atoms with Crippen LogP contribution in [0, 0.1) is 0 Å². The highest BCUT2D eigenvalue weighted by Crippen LogP contribution is 2.14. The van der Waals surface area contributed by atoms with Gasteiger partial charge in [0.1, 0.15) is 5.70 Å². The van der Waals surface area contributed by atoms with Crippen molar-refractivity contribution in [3.05, 3.63) is 41.6 Å². The molecule has 0 atom stereocenters. The van der Waals surface area contributed by atoms with E-state index in [-0.39, 0.29) is 11.6 Å². The highest BCUT2D eigenvalue weighted by atomic mass is 16.5. The fourth-order valence-electron chi connectivity index (χ4n) is 1.82. The maximum atomic E-state index is 11.7. The Morgan fingerprint density at radius 1 is 1.08 bits per heavy atom. The molecule has 1 aromatic rings. The van der Waals surface area contributed by atoms with Gasteiger partial charge in [0.2, 0.25) is 5.91 Å². The number of hydrogen-bond acceptors (Lipinski definition) is 6. The lowest BCUT2D eigenvalue weighted by molar-refractivity contribution is -0.138. The summed E-state index contributed by atoms with van der Waals surface area (Å²) in [6, 6.07) is 7.20. The van der Waals surface area contributed by atoms with Gasteiger partial charge in [-0.2, -0.15) is 0 Å². The van der Waals surface area contributed by atoms with E-state index in [0.29, 0.717) is 18.5 Å². The number of amides is 1. The third-order valence-electron chi connectivity index (χ3n) is 3.23. The highest BCUT2D eigenvalue weighted by molar-refractivity contribution is 5.98. The van der Waals surface area contributed by atoms with E-state index >= 15 is 0 Å². The quantitative estimate of drug-likeness (QED) is 0.598. The van der Waals surface area contributed by atoms with Crippen LogP contribution in [-0.2, 0) is 30.3 Å². The van der Waals surface area contributed by atoms with E-state index in [0.717, 1.165) is 11.6 Å². The summed E-state index contributed by atoms with van der Waals surface area (Å²) in [5.41, 5.74) is 1.57. The number of anilines is 1. The van der Waals surface area contributed by atoms with Gasteiger partial charge < -0.3 is 19.7 Å². The molecule has 1 aromatic carbocycles. The van der Waals surface area contributed by atoms with Crippen LogP contribution in [0.3, 0.4) is 0 Å². The monoisotopic (exact) mass is 334 g/mol. The molecule has 1 rings (SSSR count). The summed E-state index contributed by atoms with van der Waals surface area (Å²) in [5, 5.41) is 2.82. The first-order valence-electron chi connectivity index (χ1n) is 7.31. The summed E-state index contributed by atoms with van der Waals surface area (Å²) in [6.45, 7) is 0. The van der Waals surface area contributed by atoms with Gasteiger partial charge in [0, 0.05) is 26.2 Å².